The highest BCUT2D eigenvalue weighted by Gasteiger charge is 2.42. The monoisotopic (exact) mass is 316 g/mol. The molecule has 2 aromatic rings. The van der Waals surface area contributed by atoms with Gasteiger partial charge in [0.2, 0.25) is 0 Å². The van der Waals surface area contributed by atoms with Crippen molar-refractivity contribution in [2.45, 2.75) is 18.4 Å². The van der Waals surface area contributed by atoms with Gasteiger partial charge in [-0.2, -0.15) is 0 Å². The fourth-order valence-electron chi connectivity index (χ4n) is 2.71. The number of halogens is 1. The average Bonchev–Trinajstić information content (AvgIpc) is 2.49. The molecule has 0 saturated carbocycles. The maximum Gasteiger partial charge on any atom is 0.304 e. The average molecular weight is 316 g/mol. The van der Waals surface area contributed by atoms with Crippen LogP contribution < -0.4 is 4.74 Å². The molecule has 3 rings (SSSR count). The van der Waals surface area contributed by atoms with Crippen LogP contribution in [0, 0.1) is 5.82 Å². The van der Waals surface area contributed by atoms with Crippen molar-refractivity contribution in [1.82, 2.24) is 0 Å². The van der Waals surface area contributed by atoms with E-state index >= 15 is 0 Å². The lowest BCUT2D eigenvalue weighted by molar-refractivity contribution is -0.145. The fourth-order valence-corrected chi connectivity index (χ4v) is 2.71. The van der Waals surface area contributed by atoms with E-state index in [-0.39, 0.29) is 18.8 Å². The molecular weight excluding hydrogens is 299 g/mol. The molecule has 0 radical (unpaired) electrons. The summed E-state index contributed by atoms with van der Waals surface area (Å²) in [6, 6.07) is 13.6. The molecule has 0 aromatic heterocycles. The first-order valence-electron chi connectivity index (χ1n) is 7.35. The number of hydrogen-bond donors (Lipinski definition) is 1. The molecule has 5 heteroatoms. The van der Waals surface area contributed by atoms with Gasteiger partial charge in [0.1, 0.15) is 18.2 Å². The van der Waals surface area contributed by atoms with Gasteiger partial charge >= 0.3 is 5.97 Å². The summed E-state index contributed by atoms with van der Waals surface area (Å²) in [6.45, 7) is 1.12. The van der Waals surface area contributed by atoms with Crippen LogP contribution in [0.3, 0.4) is 0 Å². The minimum absolute atomic E-state index is 0.0521. The summed E-state index contributed by atoms with van der Waals surface area (Å²) in [6.07, 6.45) is 0.0521. The minimum Gasteiger partial charge on any atom is -0.489 e. The summed E-state index contributed by atoms with van der Waals surface area (Å²) in [5.74, 6) is -0.467. The summed E-state index contributed by atoms with van der Waals surface area (Å²) < 4.78 is 24.0. The van der Waals surface area contributed by atoms with Gasteiger partial charge < -0.3 is 14.6 Å². The zero-order valence-corrected chi connectivity index (χ0v) is 12.5. The molecule has 0 aliphatic carbocycles. The highest BCUT2D eigenvalue weighted by atomic mass is 19.1. The second-order valence-corrected chi connectivity index (χ2v) is 5.79. The Hall–Kier alpha value is -2.40. The smallest absolute Gasteiger partial charge is 0.304 e. The lowest BCUT2D eigenvalue weighted by Crippen LogP contribution is -2.48. The molecule has 1 heterocycles. The Bertz CT molecular complexity index is 692. The van der Waals surface area contributed by atoms with Crippen LogP contribution in [0.2, 0.25) is 0 Å². The van der Waals surface area contributed by atoms with E-state index in [1.165, 1.54) is 12.1 Å². The van der Waals surface area contributed by atoms with Crippen molar-refractivity contribution < 1.29 is 23.8 Å². The lowest BCUT2D eigenvalue weighted by Gasteiger charge is -2.40. The molecule has 120 valence electrons. The summed E-state index contributed by atoms with van der Waals surface area (Å²) in [5.41, 5.74) is 1.25. The second kappa shape index (κ2) is 6.38. The third-order valence-electron chi connectivity index (χ3n) is 4.01. The van der Waals surface area contributed by atoms with E-state index in [1.807, 2.05) is 12.1 Å². The van der Waals surface area contributed by atoms with Crippen molar-refractivity contribution >= 4 is 5.97 Å². The Morgan fingerprint density at radius 1 is 1.22 bits per heavy atom. The topological polar surface area (TPSA) is 55.8 Å². The van der Waals surface area contributed by atoms with Crippen molar-refractivity contribution in [3.8, 4) is 5.75 Å². The van der Waals surface area contributed by atoms with Crippen molar-refractivity contribution in [3.05, 3.63) is 65.5 Å². The third-order valence-corrected chi connectivity index (χ3v) is 4.01. The van der Waals surface area contributed by atoms with Crippen LogP contribution in [0.5, 0.6) is 5.75 Å². The Labute approximate surface area is 133 Å². The maximum absolute atomic E-state index is 13.1. The number of benzene rings is 2. The van der Waals surface area contributed by atoms with Gasteiger partial charge in [0, 0.05) is 0 Å². The molecule has 0 bridgehead atoms. The zero-order valence-electron chi connectivity index (χ0n) is 12.5. The van der Waals surface area contributed by atoms with Crippen LogP contribution in [0.25, 0.3) is 0 Å². The van der Waals surface area contributed by atoms with Gasteiger partial charge in [0.25, 0.3) is 0 Å². The molecule has 1 saturated heterocycles. The first-order valence-corrected chi connectivity index (χ1v) is 7.35. The van der Waals surface area contributed by atoms with Crippen LogP contribution >= 0.6 is 0 Å². The SMILES string of the molecule is O=C(O)CC1(c2ccc(OCc3cccc(F)c3)cc2)COC1. The van der Waals surface area contributed by atoms with Gasteiger partial charge in [0.05, 0.1) is 25.0 Å². The number of rotatable bonds is 6. The van der Waals surface area contributed by atoms with Gasteiger partial charge in [0.15, 0.2) is 0 Å². The molecule has 1 aliphatic heterocycles. The largest absolute Gasteiger partial charge is 0.489 e. The number of aliphatic carboxylic acids is 1. The van der Waals surface area contributed by atoms with Gasteiger partial charge in [-0.3, -0.25) is 4.79 Å². The predicted octanol–water partition coefficient (Wildman–Crippen LogP) is 3.15. The molecule has 1 aliphatic rings. The first-order chi connectivity index (χ1) is 11.1. The standard InChI is InChI=1S/C18H17FO4/c19-15-3-1-2-13(8-15)10-23-16-6-4-14(5-7-16)18(9-17(20)21)11-22-12-18/h1-8H,9-12H2,(H,20,21). The second-order valence-electron chi connectivity index (χ2n) is 5.79. The van der Waals surface area contributed by atoms with Crippen LogP contribution in [-0.2, 0) is 21.6 Å². The Kier molecular flexibility index (Phi) is 4.30. The molecule has 0 atom stereocenters. The summed E-state index contributed by atoms with van der Waals surface area (Å²) in [4.78, 5) is 11.0. The Morgan fingerprint density at radius 2 is 1.96 bits per heavy atom. The van der Waals surface area contributed by atoms with Crippen molar-refractivity contribution in [1.29, 1.82) is 0 Å². The van der Waals surface area contributed by atoms with E-state index in [9.17, 15) is 9.18 Å². The normalized spacial score (nSPS) is 15.7. The van der Waals surface area contributed by atoms with E-state index < -0.39 is 11.4 Å². The van der Waals surface area contributed by atoms with Gasteiger partial charge in [-0.05, 0) is 35.4 Å². The van der Waals surface area contributed by atoms with Gasteiger partial charge in [-0.15, -0.1) is 0 Å². The van der Waals surface area contributed by atoms with E-state index in [1.54, 1.807) is 24.3 Å². The first kappa shape index (κ1) is 15.5. The Balaban J connectivity index is 1.66. The van der Waals surface area contributed by atoms with Gasteiger partial charge in [-0.1, -0.05) is 24.3 Å². The molecule has 1 fully saturated rings. The van der Waals surface area contributed by atoms with Crippen molar-refractivity contribution in [2.24, 2.45) is 0 Å². The fraction of sp³-hybridized carbons (Fsp3) is 0.278. The number of carbonyl (C=O) groups is 1. The van der Waals surface area contributed by atoms with Crippen LogP contribution in [-0.4, -0.2) is 24.3 Å². The quantitative estimate of drug-likeness (QED) is 0.889. The number of carboxylic acid groups (broad SMARTS) is 1. The number of hydrogen-bond acceptors (Lipinski definition) is 3. The highest BCUT2D eigenvalue weighted by Crippen LogP contribution is 2.36. The molecule has 0 amide bonds. The van der Waals surface area contributed by atoms with Crippen LogP contribution in [0.1, 0.15) is 17.5 Å². The van der Waals surface area contributed by atoms with E-state index in [0.717, 1.165) is 11.1 Å². The van der Waals surface area contributed by atoms with Crippen molar-refractivity contribution in [3.63, 3.8) is 0 Å². The lowest BCUT2D eigenvalue weighted by atomic mass is 9.76. The molecule has 4 nitrogen and oxygen atoms in total. The van der Waals surface area contributed by atoms with E-state index in [4.69, 9.17) is 14.6 Å². The summed E-state index contributed by atoms with van der Waals surface area (Å²) in [5, 5.41) is 9.05. The number of ether oxygens (including phenoxy) is 2. The van der Waals surface area contributed by atoms with Crippen molar-refractivity contribution in [2.75, 3.05) is 13.2 Å². The maximum atomic E-state index is 13.1. The highest BCUT2D eigenvalue weighted by molar-refractivity contribution is 5.69. The molecule has 23 heavy (non-hydrogen) atoms. The third kappa shape index (κ3) is 3.51. The van der Waals surface area contributed by atoms with Crippen LogP contribution in [0.4, 0.5) is 4.39 Å². The van der Waals surface area contributed by atoms with E-state index in [2.05, 4.69) is 0 Å². The summed E-state index contributed by atoms with van der Waals surface area (Å²) in [7, 11) is 0. The van der Waals surface area contributed by atoms with Crippen LogP contribution in [0.15, 0.2) is 48.5 Å². The van der Waals surface area contributed by atoms with E-state index in [0.29, 0.717) is 19.0 Å². The molecular formula is C18H17FO4. The minimum atomic E-state index is -0.834. The molecule has 1 N–H and O–H groups in total. The van der Waals surface area contributed by atoms with Gasteiger partial charge in [-0.25, -0.2) is 4.39 Å². The predicted molar refractivity (Wildman–Crippen MR) is 81.9 cm³/mol. The molecule has 0 unspecified atom stereocenters. The molecule has 0 spiro atoms. The number of carboxylic acids is 1. The Morgan fingerprint density at radius 3 is 2.52 bits per heavy atom. The zero-order chi connectivity index (χ0) is 16.3. The molecule has 2 aromatic carbocycles. The summed E-state index contributed by atoms with van der Waals surface area (Å²) >= 11 is 0.